The molecule has 94 valence electrons. The number of nitrogen functional groups attached to an aromatic ring is 1. The van der Waals surface area contributed by atoms with Crippen LogP contribution in [0.25, 0.3) is 11.1 Å². The Hall–Kier alpha value is -2.04. The van der Waals surface area contributed by atoms with Crippen LogP contribution in [0, 0.1) is 6.92 Å². The summed E-state index contributed by atoms with van der Waals surface area (Å²) >= 11 is 0. The Kier molecular flexibility index (Phi) is 2.98. The molecular weight excluding hydrogens is 241 g/mol. The van der Waals surface area contributed by atoms with Crippen LogP contribution in [-0.4, -0.2) is 4.98 Å². The second-order valence-electron chi connectivity index (χ2n) is 4.00. The topological polar surface area (TPSA) is 38.9 Å². The molecule has 1 heterocycles. The van der Waals surface area contributed by atoms with E-state index in [2.05, 4.69) is 4.98 Å². The number of halogens is 3. The van der Waals surface area contributed by atoms with Gasteiger partial charge in [-0.25, -0.2) is 4.98 Å². The number of aromatic nitrogens is 1. The minimum atomic E-state index is -4.31. The SMILES string of the molecule is Cc1cc(-c2ccc(C(F)(F)F)cc2)cnc1N. The summed E-state index contributed by atoms with van der Waals surface area (Å²) < 4.78 is 37.2. The van der Waals surface area contributed by atoms with E-state index >= 15 is 0 Å². The molecule has 0 spiro atoms. The summed E-state index contributed by atoms with van der Waals surface area (Å²) in [5.74, 6) is 0.422. The molecule has 0 aliphatic heterocycles. The lowest BCUT2D eigenvalue weighted by molar-refractivity contribution is -0.137. The Morgan fingerprint density at radius 1 is 1.06 bits per heavy atom. The summed E-state index contributed by atoms with van der Waals surface area (Å²) in [6.45, 7) is 1.80. The zero-order valence-electron chi connectivity index (χ0n) is 9.62. The predicted molar refractivity (Wildman–Crippen MR) is 63.8 cm³/mol. The van der Waals surface area contributed by atoms with Gasteiger partial charge in [0.05, 0.1) is 5.56 Å². The van der Waals surface area contributed by atoms with Gasteiger partial charge < -0.3 is 5.73 Å². The number of nitrogens with two attached hydrogens (primary N) is 1. The molecule has 0 atom stereocenters. The van der Waals surface area contributed by atoms with Crippen molar-refractivity contribution >= 4 is 5.82 Å². The molecule has 0 saturated carbocycles. The van der Waals surface area contributed by atoms with Gasteiger partial charge in [-0.2, -0.15) is 13.2 Å². The molecule has 2 nitrogen and oxygen atoms in total. The Labute approximate surface area is 102 Å². The third-order valence-electron chi connectivity index (χ3n) is 2.66. The summed E-state index contributed by atoms with van der Waals surface area (Å²) in [5.41, 5.74) is 7.15. The van der Waals surface area contributed by atoms with E-state index in [-0.39, 0.29) is 0 Å². The molecule has 0 bridgehead atoms. The van der Waals surface area contributed by atoms with Crippen LogP contribution in [0.4, 0.5) is 19.0 Å². The highest BCUT2D eigenvalue weighted by Crippen LogP contribution is 2.31. The standard InChI is InChI=1S/C13H11F3N2/c1-8-6-10(7-18-12(8)17)9-2-4-11(5-3-9)13(14,15)16/h2-7H,1H3,(H2,17,18). The number of hydrogen-bond acceptors (Lipinski definition) is 2. The molecule has 2 aromatic rings. The molecule has 0 fully saturated rings. The summed E-state index contributed by atoms with van der Waals surface area (Å²) in [6, 6.07) is 6.76. The van der Waals surface area contributed by atoms with Crippen LogP contribution in [0.15, 0.2) is 36.5 Å². The molecular formula is C13H11F3N2. The number of nitrogens with zero attached hydrogens (tertiary/aromatic N) is 1. The largest absolute Gasteiger partial charge is 0.416 e. The predicted octanol–water partition coefficient (Wildman–Crippen LogP) is 3.66. The monoisotopic (exact) mass is 252 g/mol. The molecule has 0 aliphatic carbocycles. The lowest BCUT2D eigenvalue weighted by Crippen LogP contribution is -2.04. The van der Waals surface area contributed by atoms with E-state index < -0.39 is 11.7 Å². The van der Waals surface area contributed by atoms with E-state index in [0.29, 0.717) is 11.4 Å². The number of anilines is 1. The van der Waals surface area contributed by atoms with E-state index in [0.717, 1.165) is 23.3 Å². The third kappa shape index (κ3) is 2.45. The average molecular weight is 252 g/mol. The Morgan fingerprint density at radius 2 is 1.67 bits per heavy atom. The first-order valence-corrected chi connectivity index (χ1v) is 5.27. The molecule has 0 radical (unpaired) electrons. The van der Waals surface area contributed by atoms with Crippen LogP contribution in [0.1, 0.15) is 11.1 Å². The van der Waals surface area contributed by atoms with Crippen LogP contribution in [0.3, 0.4) is 0 Å². The van der Waals surface area contributed by atoms with Crippen LogP contribution >= 0.6 is 0 Å². The highest BCUT2D eigenvalue weighted by Gasteiger charge is 2.29. The van der Waals surface area contributed by atoms with Gasteiger partial charge in [-0.3, -0.25) is 0 Å². The van der Waals surface area contributed by atoms with Crippen molar-refractivity contribution in [3.05, 3.63) is 47.7 Å². The van der Waals surface area contributed by atoms with E-state index in [1.807, 2.05) is 0 Å². The van der Waals surface area contributed by atoms with Crippen LogP contribution in [-0.2, 0) is 6.18 Å². The van der Waals surface area contributed by atoms with Gasteiger partial charge in [0, 0.05) is 11.8 Å². The molecule has 0 amide bonds. The van der Waals surface area contributed by atoms with E-state index in [1.165, 1.54) is 12.1 Å². The normalized spacial score (nSPS) is 11.6. The number of hydrogen-bond donors (Lipinski definition) is 1. The van der Waals surface area contributed by atoms with Gasteiger partial charge in [0.25, 0.3) is 0 Å². The highest BCUT2D eigenvalue weighted by atomic mass is 19.4. The van der Waals surface area contributed by atoms with Crippen molar-refractivity contribution in [3.63, 3.8) is 0 Å². The highest BCUT2D eigenvalue weighted by molar-refractivity contribution is 5.65. The van der Waals surface area contributed by atoms with E-state index in [9.17, 15) is 13.2 Å². The van der Waals surface area contributed by atoms with E-state index in [1.54, 1.807) is 19.2 Å². The van der Waals surface area contributed by atoms with Gasteiger partial charge in [-0.05, 0) is 36.2 Å². The summed E-state index contributed by atoms with van der Waals surface area (Å²) in [4.78, 5) is 3.98. The van der Waals surface area contributed by atoms with Gasteiger partial charge in [-0.1, -0.05) is 12.1 Å². The van der Waals surface area contributed by atoms with Crippen molar-refractivity contribution in [2.75, 3.05) is 5.73 Å². The number of alkyl halides is 3. The second kappa shape index (κ2) is 4.33. The zero-order valence-corrected chi connectivity index (χ0v) is 9.62. The van der Waals surface area contributed by atoms with Gasteiger partial charge in [0.1, 0.15) is 5.82 Å². The molecule has 0 aliphatic rings. The Balaban J connectivity index is 2.37. The van der Waals surface area contributed by atoms with Crippen LogP contribution in [0.2, 0.25) is 0 Å². The molecule has 2 N–H and O–H groups in total. The fraction of sp³-hybridized carbons (Fsp3) is 0.154. The molecule has 5 heteroatoms. The third-order valence-corrected chi connectivity index (χ3v) is 2.66. The fourth-order valence-electron chi connectivity index (χ4n) is 1.59. The average Bonchev–Trinajstić information content (AvgIpc) is 2.32. The van der Waals surface area contributed by atoms with Crippen molar-refractivity contribution < 1.29 is 13.2 Å². The van der Waals surface area contributed by atoms with Gasteiger partial charge in [-0.15, -0.1) is 0 Å². The first-order valence-electron chi connectivity index (χ1n) is 5.27. The van der Waals surface area contributed by atoms with Crippen molar-refractivity contribution in [1.29, 1.82) is 0 Å². The maximum atomic E-state index is 12.4. The summed E-state index contributed by atoms with van der Waals surface area (Å²) in [6.07, 6.45) is -2.77. The van der Waals surface area contributed by atoms with E-state index in [4.69, 9.17) is 5.73 Å². The number of pyridine rings is 1. The molecule has 1 aromatic carbocycles. The van der Waals surface area contributed by atoms with Crippen molar-refractivity contribution in [3.8, 4) is 11.1 Å². The fourth-order valence-corrected chi connectivity index (χ4v) is 1.59. The van der Waals surface area contributed by atoms with Gasteiger partial charge >= 0.3 is 6.18 Å². The van der Waals surface area contributed by atoms with Crippen LogP contribution in [0.5, 0.6) is 0 Å². The minimum Gasteiger partial charge on any atom is -0.383 e. The summed E-state index contributed by atoms with van der Waals surface area (Å²) in [5, 5.41) is 0. The Bertz CT molecular complexity index is 559. The zero-order chi connectivity index (χ0) is 13.3. The molecule has 18 heavy (non-hydrogen) atoms. The van der Waals surface area contributed by atoms with Crippen molar-refractivity contribution in [2.45, 2.75) is 13.1 Å². The van der Waals surface area contributed by atoms with Gasteiger partial charge in [0.15, 0.2) is 0 Å². The van der Waals surface area contributed by atoms with Crippen molar-refractivity contribution in [1.82, 2.24) is 4.98 Å². The first-order chi connectivity index (χ1) is 8.38. The molecule has 1 aromatic heterocycles. The number of aryl methyl sites for hydroxylation is 1. The quantitative estimate of drug-likeness (QED) is 0.841. The molecule has 0 unspecified atom stereocenters. The van der Waals surface area contributed by atoms with Crippen molar-refractivity contribution in [2.24, 2.45) is 0 Å². The number of benzene rings is 1. The molecule has 2 rings (SSSR count). The first kappa shape index (κ1) is 12.4. The summed E-state index contributed by atoms with van der Waals surface area (Å²) in [7, 11) is 0. The lowest BCUT2D eigenvalue weighted by Gasteiger charge is -2.08. The minimum absolute atomic E-state index is 0.422. The van der Waals surface area contributed by atoms with Gasteiger partial charge in [0.2, 0.25) is 0 Å². The Morgan fingerprint density at radius 3 is 2.17 bits per heavy atom. The maximum absolute atomic E-state index is 12.4. The number of rotatable bonds is 1. The molecule has 0 saturated heterocycles. The maximum Gasteiger partial charge on any atom is 0.416 e. The smallest absolute Gasteiger partial charge is 0.383 e. The second-order valence-corrected chi connectivity index (χ2v) is 4.00. The lowest BCUT2D eigenvalue weighted by atomic mass is 10.0. The van der Waals surface area contributed by atoms with Crippen LogP contribution < -0.4 is 5.73 Å².